The zero-order chi connectivity index (χ0) is 6.85. The molecule has 0 N–H and O–H groups in total. The van der Waals surface area contributed by atoms with Crippen molar-refractivity contribution in [1.82, 2.24) is 10.2 Å². The van der Waals surface area contributed by atoms with Crippen molar-refractivity contribution in [3.63, 3.8) is 0 Å². The van der Waals surface area contributed by atoms with Crippen LogP contribution in [0.5, 0.6) is 0 Å². The molecular formula is C5H8N2OS. The molecule has 1 aromatic rings. The van der Waals surface area contributed by atoms with Crippen LogP contribution >= 0.6 is 12.6 Å². The number of hydrogen-bond acceptors (Lipinski definition) is 4. The average Bonchev–Trinajstić information content (AvgIpc) is 2.14. The van der Waals surface area contributed by atoms with Crippen LogP contribution in [0, 0.1) is 0 Å². The van der Waals surface area contributed by atoms with Crippen LogP contribution in [0.3, 0.4) is 0 Å². The standard InChI is InChI=1S/C5H8N2OS/c1-3(2)4-6-7-5(9)8-4/h3H,1-2H3,(H,7,9). The van der Waals surface area contributed by atoms with Gasteiger partial charge >= 0.3 is 0 Å². The number of hydrogen-bond donors (Lipinski definition) is 1. The Balaban J connectivity index is 2.85. The van der Waals surface area contributed by atoms with Gasteiger partial charge in [0.15, 0.2) is 0 Å². The van der Waals surface area contributed by atoms with Gasteiger partial charge in [0.2, 0.25) is 5.89 Å². The smallest absolute Gasteiger partial charge is 0.273 e. The second-order valence-corrected chi connectivity index (χ2v) is 2.46. The highest BCUT2D eigenvalue weighted by Gasteiger charge is 2.05. The molecule has 0 spiro atoms. The molecule has 1 rings (SSSR count). The predicted molar refractivity (Wildman–Crippen MR) is 35.6 cm³/mol. The van der Waals surface area contributed by atoms with Gasteiger partial charge in [0.05, 0.1) is 0 Å². The molecule has 0 unspecified atom stereocenters. The summed E-state index contributed by atoms with van der Waals surface area (Å²) in [6.07, 6.45) is 0. The second-order valence-electron chi connectivity index (χ2n) is 2.08. The average molecular weight is 144 g/mol. The zero-order valence-corrected chi connectivity index (χ0v) is 6.22. The normalized spacial score (nSPS) is 10.7. The molecule has 0 saturated carbocycles. The lowest BCUT2D eigenvalue weighted by atomic mass is 10.2. The third-order valence-electron chi connectivity index (χ3n) is 0.924. The molecule has 9 heavy (non-hydrogen) atoms. The molecule has 0 radical (unpaired) electrons. The van der Waals surface area contributed by atoms with E-state index < -0.39 is 0 Å². The van der Waals surface area contributed by atoms with Crippen LogP contribution < -0.4 is 0 Å². The van der Waals surface area contributed by atoms with E-state index in [0.29, 0.717) is 17.0 Å². The fourth-order valence-corrected chi connectivity index (χ4v) is 0.598. The Morgan fingerprint density at radius 1 is 1.44 bits per heavy atom. The highest BCUT2D eigenvalue weighted by molar-refractivity contribution is 7.80. The Morgan fingerprint density at radius 3 is 2.33 bits per heavy atom. The Bertz CT molecular complexity index is 197. The van der Waals surface area contributed by atoms with Gasteiger partial charge < -0.3 is 4.42 Å². The minimum atomic E-state index is 0.290. The molecule has 50 valence electrons. The Morgan fingerprint density at radius 2 is 2.11 bits per heavy atom. The number of nitrogens with zero attached hydrogens (tertiary/aromatic N) is 2. The zero-order valence-electron chi connectivity index (χ0n) is 5.33. The fraction of sp³-hybridized carbons (Fsp3) is 0.600. The van der Waals surface area contributed by atoms with E-state index in [1.165, 1.54) is 0 Å². The number of rotatable bonds is 1. The summed E-state index contributed by atoms with van der Waals surface area (Å²) in [5.74, 6) is 0.929. The van der Waals surface area contributed by atoms with Gasteiger partial charge in [0.25, 0.3) is 5.22 Å². The van der Waals surface area contributed by atoms with Crippen molar-refractivity contribution in [3.8, 4) is 0 Å². The maximum atomic E-state index is 4.99. The van der Waals surface area contributed by atoms with Crippen molar-refractivity contribution in [3.05, 3.63) is 5.89 Å². The molecule has 0 aromatic carbocycles. The monoisotopic (exact) mass is 144 g/mol. The van der Waals surface area contributed by atoms with Crippen LogP contribution in [0.2, 0.25) is 0 Å². The van der Waals surface area contributed by atoms with Gasteiger partial charge in [-0.05, 0) is 0 Å². The minimum Gasteiger partial charge on any atom is -0.416 e. The minimum absolute atomic E-state index is 0.290. The van der Waals surface area contributed by atoms with E-state index in [1.807, 2.05) is 13.8 Å². The Labute approximate surface area is 58.9 Å². The van der Waals surface area contributed by atoms with Crippen molar-refractivity contribution in [2.75, 3.05) is 0 Å². The molecule has 4 heteroatoms. The van der Waals surface area contributed by atoms with Crippen LogP contribution in [0.25, 0.3) is 0 Å². The third kappa shape index (κ3) is 1.45. The van der Waals surface area contributed by atoms with Gasteiger partial charge in [-0.15, -0.1) is 10.2 Å². The summed E-state index contributed by atoms with van der Waals surface area (Å²) in [5.41, 5.74) is 0. The van der Waals surface area contributed by atoms with E-state index in [1.54, 1.807) is 0 Å². The highest BCUT2D eigenvalue weighted by atomic mass is 32.1. The topological polar surface area (TPSA) is 38.9 Å². The summed E-state index contributed by atoms with van der Waals surface area (Å²) in [4.78, 5) is 0. The van der Waals surface area contributed by atoms with Gasteiger partial charge in [0.1, 0.15) is 0 Å². The maximum Gasteiger partial charge on any atom is 0.273 e. The Kier molecular flexibility index (Phi) is 1.75. The van der Waals surface area contributed by atoms with Crippen molar-refractivity contribution < 1.29 is 4.42 Å². The summed E-state index contributed by atoms with van der Waals surface area (Å²) in [5, 5.41) is 7.64. The summed E-state index contributed by atoms with van der Waals surface area (Å²) in [6.45, 7) is 3.97. The molecule has 1 heterocycles. The van der Waals surface area contributed by atoms with Gasteiger partial charge in [-0.1, -0.05) is 26.5 Å². The summed E-state index contributed by atoms with van der Waals surface area (Å²) in [6, 6.07) is 0. The van der Waals surface area contributed by atoms with Crippen LogP contribution in [0.4, 0.5) is 0 Å². The molecular weight excluding hydrogens is 136 g/mol. The van der Waals surface area contributed by atoms with Crippen LogP contribution in [-0.4, -0.2) is 10.2 Å². The van der Waals surface area contributed by atoms with Gasteiger partial charge in [-0.2, -0.15) is 0 Å². The molecule has 1 aromatic heterocycles. The first-order valence-electron chi connectivity index (χ1n) is 2.72. The van der Waals surface area contributed by atoms with Gasteiger partial charge in [-0.3, -0.25) is 0 Å². The van der Waals surface area contributed by atoms with E-state index in [0.717, 1.165) is 0 Å². The first-order chi connectivity index (χ1) is 4.20. The van der Waals surface area contributed by atoms with Crippen LogP contribution in [-0.2, 0) is 0 Å². The predicted octanol–water partition coefficient (Wildman–Crippen LogP) is 1.48. The summed E-state index contributed by atoms with van der Waals surface area (Å²) in [7, 11) is 0. The lowest BCUT2D eigenvalue weighted by molar-refractivity contribution is 0.400. The molecule has 0 saturated heterocycles. The lowest BCUT2D eigenvalue weighted by Crippen LogP contribution is -1.85. The fourth-order valence-electron chi connectivity index (χ4n) is 0.460. The first-order valence-corrected chi connectivity index (χ1v) is 3.17. The number of thiol groups is 1. The van der Waals surface area contributed by atoms with Crippen molar-refractivity contribution in [2.24, 2.45) is 0 Å². The highest BCUT2D eigenvalue weighted by Crippen LogP contribution is 2.12. The quantitative estimate of drug-likeness (QED) is 0.607. The maximum absolute atomic E-state index is 4.99. The van der Waals surface area contributed by atoms with Gasteiger partial charge in [0, 0.05) is 5.92 Å². The van der Waals surface area contributed by atoms with E-state index in [2.05, 4.69) is 22.8 Å². The summed E-state index contributed by atoms with van der Waals surface area (Å²) < 4.78 is 4.99. The largest absolute Gasteiger partial charge is 0.416 e. The third-order valence-corrected chi connectivity index (χ3v) is 1.10. The van der Waals surface area contributed by atoms with Crippen molar-refractivity contribution in [2.45, 2.75) is 25.0 Å². The molecule has 0 atom stereocenters. The van der Waals surface area contributed by atoms with Crippen molar-refractivity contribution in [1.29, 1.82) is 0 Å². The summed E-state index contributed by atoms with van der Waals surface area (Å²) >= 11 is 3.86. The van der Waals surface area contributed by atoms with E-state index in [9.17, 15) is 0 Å². The first kappa shape index (κ1) is 6.61. The molecule has 0 aliphatic carbocycles. The molecule has 0 amide bonds. The molecule has 0 fully saturated rings. The second kappa shape index (κ2) is 2.39. The molecule has 0 bridgehead atoms. The SMILES string of the molecule is CC(C)c1nnc(S)o1. The Hall–Kier alpha value is -0.510. The molecule has 3 nitrogen and oxygen atoms in total. The van der Waals surface area contributed by atoms with E-state index in [4.69, 9.17) is 4.42 Å². The molecule has 0 aliphatic heterocycles. The van der Waals surface area contributed by atoms with Crippen LogP contribution in [0.1, 0.15) is 25.7 Å². The van der Waals surface area contributed by atoms with E-state index in [-0.39, 0.29) is 0 Å². The lowest BCUT2D eigenvalue weighted by Gasteiger charge is -1.91. The number of aromatic nitrogens is 2. The van der Waals surface area contributed by atoms with Crippen molar-refractivity contribution >= 4 is 12.6 Å². The molecule has 0 aliphatic rings. The van der Waals surface area contributed by atoms with Gasteiger partial charge in [-0.25, -0.2) is 0 Å². The van der Waals surface area contributed by atoms with E-state index >= 15 is 0 Å². The van der Waals surface area contributed by atoms with Crippen LogP contribution in [0.15, 0.2) is 9.64 Å².